The number of unbranched alkanes of at least 4 members (excludes halogenated alkanes) is 1. The molecule has 0 aliphatic heterocycles. The van der Waals surface area contributed by atoms with Crippen LogP contribution in [-0.4, -0.2) is 70.4 Å². The maximum atomic E-state index is 13.1. The van der Waals surface area contributed by atoms with E-state index in [-0.39, 0.29) is 12.8 Å². The number of rotatable bonds is 16. The van der Waals surface area contributed by atoms with Crippen LogP contribution in [0.3, 0.4) is 0 Å². The Balaban J connectivity index is 2.08. The van der Waals surface area contributed by atoms with Gasteiger partial charge >= 0.3 is 5.97 Å². The van der Waals surface area contributed by atoms with Crippen LogP contribution in [0.5, 0.6) is 0 Å². The van der Waals surface area contributed by atoms with Gasteiger partial charge in [0.25, 0.3) is 0 Å². The second kappa shape index (κ2) is 14.8. The van der Waals surface area contributed by atoms with Crippen molar-refractivity contribution in [3.63, 3.8) is 0 Å². The first-order valence-corrected chi connectivity index (χ1v) is 12.9. The quantitative estimate of drug-likeness (QED) is 0.124. The van der Waals surface area contributed by atoms with Crippen LogP contribution in [0.1, 0.15) is 45.1 Å². The Bertz CT molecular complexity index is 1160. The van der Waals surface area contributed by atoms with Crippen LogP contribution in [0.15, 0.2) is 30.5 Å². The van der Waals surface area contributed by atoms with Gasteiger partial charge in [0.2, 0.25) is 23.6 Å². The van der Waals surface area contributed by atoms with Gasteiger partial charge in [-0.05, 0) is 49.8 Å². The number of nitrogens with one attached hydrogen (secondary N) is 4. The maximum absolute atomic E-state index is 13.1. The average molecular weight is 546 g/mol. The van der Waals surface area contributed by atoms with Crippen LogP contribution in [0.25, 0.3) is 10.9 Å². The van der Waals surface area contributed by atoms with E-state index < -0.39 is 66.1 Å². The highest BCUT2D eigenvalue weighted by molar-refractivity contribution is 5.96. The van der Waals surface area contributed by atoms with Crippen molar-refractivity contribution < 1.29 is 29.1 Å². The summed E-state index contributed by atoms with van der Waals surface area (Å²) in [7, 11) is 0. The smallest absolute Gasteiger partial charge is 0.326 e. The van der Waals surface area contributed by atoms with Gasteiger partial charge in [-0.3, -0.25) is 19.2 Å². The summed E-state index contributed by atoms with van der Waals surface area (Å²) in [6.45, 7) is 3.75. The van der Waals surface area contributed by atoms with Crippen molar-refractivity contribution in [2.45, 2.75) is 70.1 Å². The first-order valence-electron chi connectivity index (χ1n) is 12.9. The normalized spacial score (nSPS) is 14.3. The number of aromatic nitrogens is 1. The molecular weight excluding hydrogens is 506 g/mol. The van der Waals surface area contributed by atoms with Gasteiger partial charge in [-0.2, -0.15) is 0 Å². The molecule has 0 saturated carbocycles. The van der Waals surface area contributed by atoms with Crippen LogP contribution >= 0.6 is 0 Å². The molecule has 1 aromatic heterocycles. The molecule has 39 heavy (non-hydrogen) atoms. The number of carboxylic acid groups (broad SMARTS) is 1. The van der Waals surface area contributed by atoms with Crippen LogP contribution in [0.4, 0.5) is 0 Å². The number of amides is 4. The number of fused-ring (bicyclic) bond motifs is 1. The second-order valence-corrected chi connectivity index (χ2v) is 9.82. The molecule has 0 fully saturated rings. The molecule has 4 amide bonds. The van der Waals surface area contributed by atoms with Crippen molar-refractivity contribution in [3.05, 3.63) is 36.0 Å². The number of hydrogen-bond acceptors (Lipinski definition) is 7. The SMILES string of the molecule is CC(C)C(NC(=O)C(N)Cc1c[nH]c2ccccc12)C(=O)NC(CC(N)=O)C(=O)NC(CCCCN)C(=O)O. The molecule has 4 atom stereocenters. The van der Waals surface area contributed by atoms with Crippen LogP contribution in [0.2, 0.25) is 0 Å². The molecule has 0 aliphatic rings. The highest BCUT2D eigenvalue weighted by Crippen LogP contribution is 2.19. The van der Waals surface area contributed by atoms with Crippen LogP contribution < -0.4 is 33.2 Å². The highest BCUT2D eigenvalue weighted by Gasteiger charge is 2.32. The topological polar surface area (TPSA) is 236 Å². The summed E-state index contributed by atoms with van der Waals surface area (Å²) < 4.78 is 0. The van der Waals surface area contributed by atoms with Crippen LogP contribution in [-0.2, 0) is 30.4 Å². The number of primary amides is 1. The number of hydrogen-bond donors (Lipinski definition) is 8. The number of H-pyrrole nitrogens is 1. The largest absolute Gasteiger partial charge is 0.480 e. The zero-order valence-corrected chi connectivity index (χ0v) is 22.2. The van der Waals surface area contributed by atoms with Crippen molar-refractivity contribution in [2.75, 3.05) is 6.54 Å². The zero-order valence-electron chi connectivity index (χ0n) is 22.2. The summed E-state index contributed by atoms with van der Waals surface area (Å²) in [4.78, 5) is 65.2. The van der Waals surface area contributed by atoms with Gasteiger partial charge in [0.15, 0.2) is 0 Å². The summed E-state index contributed by atoms with van der Waals surface area (Å²) in [6, 6.07) is 2.85. The van der Waals surface area contributed by atoms with Crippen molar-refractivity contribution in [1.29, 1.82) is 0 Å². The Hall–Kier alpha value is -3.97. The molecule has 0 saturated heterocycles. The molecule has 11 N–H and O–H groups in total. The van der Waals surface area contributed by atoms with E-state index >= 15 is 0 Å². The Morgan fingerprint density at radius 3 is 2.23 bits per heavy atom. The number of benzene rings is 1. The van der Waals surface area contributed by atoms with Gasteiger partial charge in [0, 0.05) is 17.1 Å². The number of carboxylic acids is 1. The van der Waals surface area contributed by atoms with Gasteiger partial charge in [-0.25, -0.2) is 4.79 Å². The van der Waals surface area contributed by atoms with Gasteiger partial charge in [0.05, 0.1) is 12.5 Å². The Morgan fingerprint density at radius 1 is 0.949 bits per heavy atom. The molecule has 4 unspecified atom stereocenters. The Morgan fingerprint density at radius 2 is 1.62 bits per heavy atom. The predicted molar refractivity (Wildman–Crippen MR) is 145 cm³/mol. The number of aliphatic carboxylic acids is 1. The first-order chi connectivity index (χ1) is 18.4. The van der Waals surface area contributed by atoms with Crippen molar-refractivity contribution >= 4 is 40.5 Å². The van der Waals surface area contributed by atoms with Crippen molar-refractivity contribution in [1.82, 2.24) is 20.9 Å². The molecule has 214 valence electrons. The molecule has 2 aromatic rings. The van der Waals surface area contributed by atoms with E-state index in [2.05, 4.69) is 20.9 Å². The highest BCUT2D eigenvalue weighted by atomic mass is 16.4. The molecule has 0 bridgehead atoms. The Labute approximate surface area is 226 Å². The molecule has 0 aliphatic carbocycles. The third kappa shape index (κ3) is 9.37. The number of para-hydroxylation sites is 1. The van der Waals surface area contributed by atoms with E-state index in [0.717, 1.165) is 16.5 Å². The minimum absolute atomic E-state index is 0.120. The van der Waals surface area contributed by atoms with E-state index in [9.17, 15) is 29.1 Å². The van der Waals surface area contributed by atoms with Gasteiger partial charge < -0.3 is 43.2 Å². The van der Waals surface area contributed by atoms with E-state index in [1.807, 2.05) is 24.3 Å². The summed E-state index contributed by atoms with van der Waals surface area (Å²) in [6.07, 6.45) is 2.58. The fourth-order valence-corrected chi connectivity index (χ4v) is 4.12. The monoisotopic (exact) mass is 545 g/mol. The standard InChI is InChI=1S/C26H39N7O6/c1-14(2)22(33-23(35)17(28)11-15-13-30-18-8-4-3-7-16(15)18)25(37)32-20(12-21(29)34)24(36)31-19(26(38)39)9-5-6-10-27/h3-4,7-8,13-14,17,19-20,22,30H,5-6,9-12,27-28H2,1-2H3,(H2,29,34)(H,31,36)(H,32,37)(H,33,35)(H,38,39). The van der Waals surface area contributed by atoms with Crippen LogP contribution in [0, 0.1) is 5.92 Å². The number of carbonyl (C=O) groups excluding carboxylic acids is 4. The minimum atomic E-state index is -1.44. The van der Waals surface area contributed by atoms with Crippen molar-refractivity contribution in [2.24, 2.45) is 23.1 Å². The summed E-state index contributed by atoms with van der Waals surface area (Å²) in [5.74, 6) is -4.75. The molecule has 0 radical (unpaired) electrons. The third-order valence-corrected chi connectivity index (χ3v) is 6.30. The number of carbonyl (C=O) groups is 5. The zero-order chi connectivity index (χ0) is 29.1. The first kappa shape index (κ1) is 31.2. The molecular formula is C26H39N7O6. The molecule has 13 nitrogen and oxygen atoms in total. The van der Waals surface area contributed by atoms with Gasteiger partial charge in [-0.1, -0.05) is 32.0 Å². The van der Waals surface area contributed by atoms with E-state index in [0.29, 0.717) is 19.4 Å². The molecule has 1 aromatic carbocycles. The summed E-state index contributed by atoms with van der Waals surface area (Å²) in [5, 5.41) is 17.8. The lowest BCUT2D eigenvalue weighted by Gasteiger charge is -2.26. The summed E-state index contributed by atoms with van der Waals surface area (Å²) in [5.41, 5.74) is 18.6. The minimum Gasteiger partial charge on any atom is -0.480 e. The summed E-state index contributed by atoms with van der Waals surface area (Å²) >= 11 is 0. The van der Waals surface area contributed by atoms with E-state index in [4.69, 9.17) is 17.2 Å². The third-order valence-electron chi connectivity index (χ3n) is 6.30. The van der Waals surface area contributed by atoms with E-state index in [1.165, 1.54) is 0 Å². The van der Waals surface area contributed by atoms with Gasteiger partial charge in [-0.15, -0.1) is 0 Å². The molecule has 13 heteroatoms. The predicted octanol–water partition coefficient (Wildman–Crippen LogP) is -0.763. The average Bonchev–Trinajstić information content (AvgIpc) is 3.28. The Kier molecular flexibility index (Phi) is 11.9. The lowest BCUT2D eigenvalue weighted by Crippen LogP contribution is -2.59. The van der Waals surface area contributed by atoms with Crippen molar-refractivity contribution in [3.8, 4) is 0 Å². The number of aromatic amines is 1. The van der Waals surface area contributed by atoms with Gasteiger partial charge in [0.1, 0.15) is 18.1 Å². The lowest BCUT2D eigenvalue weighted by molar-refractivity contribution is -0.142. The number of nitrogens with two attached hydrogens (primary N) is 3. The molecule has 0 spiro atoms. The second-order valence-electron chi connectivity index (χ2n) is 9.82. The fraction of sp³-hybridized carbons (Fsp3) is 0.500. The molecule has 1 heterocycles. The van der Waals surface area contributed by atoms with E-state index in [1.54, 1.807) is 20.0 Å². The fourth-order valence-electron chi connectivity index (χ4n) is 4.12. The maximum Gasteiger partial charge on any atom is 0.326 e. The molecule has 2 rings (SSSR count). The lowest BCUT2D eigenvalue weighted by atomic mass is 10.0.